The largest absolute Gasteiger partial charge is 0.324 e. The van der Waals surface area contributed by atoms with E-state index >= 15 is 0 Å². The Morgan fingerprint density at radius 2 is 1.86 bits per heavy atom. The van der Waals surface area contributed by atoms with Crippen LogP contribution in [0.2, 0.25) is 0 Å². The van der Waals surface area contributed by atoms with Crippen LogP contribution in [0.25, 0.3) is 0 Å². The zero-order valence-corrected chi connectivity index (χ0v) is 8.06. The fraction of sp³-hybridized carbons (Fsp3) is 0.400. The molecule has 0 aromatic heterocycles. The first-order chi connectivity index (χ1) is 6.60. The Hall–Kier alpha value is -1.16. The normalized spacial score (nSPS) is 11.4. The van der Waals surface area contributed by atoms with E-state index in [-0.39, 0.29) is 12.0 Å². The number of nitrogen functional groups attached to an aromatic ring is 1. The van der Waals surface area contributed by atoms with Gasteiger partial charge in [-0.3, -0.25) is 5.84 Å². The van der Waals surface area contributed by atoms with Crippen molar-refractivity contribution in [3.05, 3.63) is 29.8 Å². The lowest BCUT2D eigenvalue weighted by atomic mass is 10.0. The molecule has 0 fully saturated rings. The van der Waals surface area contributed by atoms with E-state index in [1.807, 2.05) is 0 Å². The highest BCUT2D eigenvalue weighted by Gasteiger charge is 2.29. The van der Waals surface area contributed by atoms with Gasteiger partial charge in [0.15, 0.2) is 0 Å². The fourth-order valence-corrected chi connectivity index (χ4v) is 1.27. The number of hydrazine groups is 1. The summed E-state index contributed by atoms with van der Waals surface area (Å²) in [6, 6.07) is 5.87. The molecule has 0 heterocycles. The van der Waals surface area contributed by atoms with Gasteiger partial charge < -0.3 is 5.43 Å². The Bertz CT molecular complexity index is 283. The van der Waals surface area contributed by atoms with Gasteiger partial charge in [0.05, 0.1) is 0 Å². The number of nitrogens with two attached hydrogens (primary N) is 1. The van der Waals surface area contributed by atoms with Gasteiger partial charge >= 0.3 is 0 Å². The van der Waals surface area contributed by atoms with Crippen molar-refractivity contribution in [1.29, 1.82) is 0 Å². The summed E-state index contributed by atoms with van der Waals surface area (Å²) < 4.78 is 26.7. The first-order valence-electron chi connectivity index (χ1n) is 4.55. The predicted octanol–water partition coefficient (Wildman–Crippen LogP) is 2.86. The van der Waals surface area contributed by atoms with Gasteiger partial charge in [-0.05, 0) is 12.1 Å². The number of rotatable bonds is 4. The molecule has 78 valence electrons. The van der Waals surface area contributed by atoms with Gasteiger partial charge in [-0.2, -0.15) is 0 Å². The van der Waals surface area contributed by atoms with E-state index in [1.54, 1.807) is 19.1 Å². The standard InChI is InChI=1S/C10H14F2N2/c1-2-7-10(11,12)8-3-5-9(14-13)6-4-8/h3-6,14H,2,7,13H2,1H3. The summed E-state index contributed by atoms with van der Waals surface area (Å²) >= 11 is 0. The summed E-state index contributed by atoms with van der Waals surface area (Å²) in [7, 11) is 0. The SMILES string of the molecule is CCCC(F)(F)c1ccc(NN)cc1. The molecule has 0 bridgehead atoms. The summed E-state index contributed by atoms with van der Waals surface area (Å²) in [4.78, 5) is 0. The molecule has 4 heteroatoms. The highest BCUT2D eigenvalue weighted by molar-refractivity contribution is 5.44. The van der Waals surface area contributed by atoms with Crippen molar-refractivity contribution in [2.75, 3.05) is 5.43 Å². The third-order valence-electron chi connectivity index (χ3n) is 2.04. The highest BCUT2D eigenvalue weighted by Crippen LogP contribution is 2.33. The Morgan fingerprint density at radius 3 is 2.29 bits per heavy atom. The second kappa shape index (κ2) is 4.37. The maximum absolute atomic E-state index is 13.3. The molecule has 1 aromatic rings. The molecule has 0 aliphatic rings. The zero-order chi connectivity index (χ0) is 10.6. The molecule has 14 heavy (non-hydrogen) atoms. The third-order valence-corrected chi connectivity index (χ3v) is 2.04. The van der Waals surface area contributed by atoms with Crippen molar-refractivity contribution < 1.29 is 8.78 Å². The summed E-state index contributed by atoms with van der Waals surface area (Å²) in [5.74, 6) is 2.40. The van der Waals surface area contributed by atoms with Crippen molar-refractivity contribution in [3.8, 4) is 0 Å². The molecule has 0 amide bonds. The van der Waals surface area contributed by atoms with E-state index in [0.717, 1.165) is 0 Å². The van der Waals surface area contributed by atoms with Crippen molar-refractivity contribution in [3.63, 3.8) is 0 Å². The first kappa shape index (κ1) is 10.9. The third kappa shape index (κ3) is 2.42. The molecule has 0 spiro atoms. The minimum Gasteiger partial charge on any atom is -0.324 e. The van der Waals surface area contributed by atoms with Gasteiger partial charge in [0.25, 0.3) is 5.92 Å². The number of halogens is 2. The molecule has 1 rings (SSSR count). The quantitative estimate of drug-likeness (QED) is 0.579. The predicted molar refractivity (Wildman–Crippen MR) is 53.1 cm³/mol. The zero-order valence-electron chi connectivity index (χ0n) is 8.06. The Kier molecular flexibility index (Phi) is 3.41. The molecule has 1 aromatic carbocycles. The highest BCUT2D eigenvalue weighted by atomic mass is 19.3. The van der Waals surface area contributed by atoms with Crippen LogP contribution in [0, 0.1) is 0 Å². The van der Waals surface area contributed by atoms with E-state index in [4.69, 9.17) is 5.84 Å². The van der Waals surface area contributed by atoms with Crippen LogP contribution < -0.4 is 11.3 Å². The molecule has 0 unspecified atom stereocenters. The van der Waals surface area contributed by atoms with Crippen LogP contribution in [-0.2, 0) is 5.92 Å². The van der Waals surface area contributed by atoms with Crippen molar-refractivity contribution in [2.45, 2.75) is 25.7 Å². The second-order valence-electron chi connectivity index (χ2n) is 3.18. The maximum atomic E-state index is 13.3. The monoisotopic (exact) mass is 200 g/mol. The molecule has 0 aliphatic carbocycles. The van der Waals surface area contributed by atoms with Crippen LogP contribution in [-0.4, -0.2) is 0 Å². The summed E-state index contributed by atoms with van der Waals surface area (Å²) in [6.45, 7) is 1.74. The van der Waals surface area contributed by atoms with Crippen LogP contribution in [0.4, 0.5) is 14.5 Å². The maximum Gasteiger partial charge on any atom is 0.273 e. The Morgan fingerprint density at radius 1 is 1.29 bits per heavy atom. The van der Waals surface area contributed by atoms with Gasteiger partial charge in [0, 0.05) is 17.7 Å². The minimum atomic E-state index is -2.73. The van der Waals surface area contributed by atoms with E-state index in [0.29, 0.717) is 12.1 Å². The number of nitrogens with one attached hydrogen (secondary N) is 1. The smallest absolute Gasteiger partial charge is 0.273 e. The molecule has 0 saturated heterocycles. The number of anilines is 1. The Labute approximate surface area is 82.1 Å². The molecule has 3 N–H and O–H groups in total. The number of alkyl halides is 2. The second-order valence-corrected chi connectivity index (χ2v) is 3.18. The average Bonchev–Trinajstić information content (AvgIpc) is 2.18. The van der Waals surface area contributed by atoms with Crippen LogP contribution in [0.15, 0.2) is 24.3 Å². The van der Waals surface area contributed by atoms with Gasteiger partial charge in [-0.25, -0.2) is 8.78 Å². The molecular weight excluding hydrogens is 186 g/mol. The molecule has 2 nitrogen and oxygen atoms in total. The van der Waals surface area contributed by atoms with Crippen LogP contribution in [0.5, 0.6) is 0 Å². The number of benzene rings is 1. The minimum absolute atomic E-state index is 0.0401. The Balaban J connectivity index is 2.85. The van der Waals surface area contributed by atoms with Crippen LogP contribution in [0.3, 0.4) is 0 Å². The van der Waals surface area contributed by atoms with Gasteiger partial charge in [0.1, 0.15) is 0 Å². The number of hydrogen-bond donors (Lipinski definition) is 2. The van der Waals surface area contributed by atoms with Gasteiger partial charge in [-0.15, -0.1) is 0 Å². The summed E-state index contributed by atoms with van der Waals surface area (Å²) in [5, 5.41) is 0. The fourth-order valence-electron chi connectivity index (χ4n) is 1.27. The summed E-state index contributed by atoms with van der Waals surface area (Å²) in [6.07, 6.45) is 0.340. The van der Waals surface area contributed by atoms with E-state index in [2.05, 4.69) is 5.43 Å². The lowest BCUT2D eigenvalue weighted by Crippen LogP contribution is -2.13. The van der Waals surface area contributed by atoms with Crippen molar-refractivity contribution >= 4 is 5.69 Å². The topological polar surface area (TPSA) is 38.0 Å². The molecule has 0 saturated carbocycles. The molecular formula is C10H14F2N2. The molecule has 0 aliphatic heterocycles. The molecule has 0 atom stereocenters. The first-order valence-corrected chi connectivity index (χ1v) is 4.55. The van der Waals surface area contributed by atoms with E-state index in [9.17, 15) is 8.78 Å². The lowest BCUT2D eigenvalue weighted by molar-refractivity contribution is -0.0140. The van der Waals surface area contributed by atoms with E-state index < -0.39 is 5.92 Å². The van der Waals surface area contributed by atoms with E-state index in [1.165, 1.54) is 12.1 Å². The van der Waals surface area contributed by atoms with Gasteiger partial charge in [-0.1, -0.05) is 25.5 Å². The van der Waals surface area contributed by atoms with Crippen molar-refractivity contribution in [2.24, 2.45) is 5.84 Å². The van der Waals surface area contributed by atoms with Crippen LogP contribution in [0.1, 0.15) is 25.3 Å². The average molecular weight is 200 g/mol. The van der Waals surface area contributed by atoms with Crippen molar-refractivity contribution in [1.82, 2.24) is 0 Å². The lowest BCUT2D eigenvalue weighted by Gasteiger charge is -2.15. The van der Waals surface area contributed by atoms with Crippen LogP contribution >= 0.6 is 0 Å². The summed E-state index contributed by atoms with van der Waals surface area (Å²) in [5.41, 5.74) is 3.06. The molecule has 0 radical (unpaired) electrons. The van der Waals surface area contributed by atoms with Gasteiger partial charge in [0.2, 0.25) is 0 Å². The number of hydrogen-bond acceptors (Lipinski definition) is 2.